The van der Waals surface area contributed by atoms with Crippen LogP contribution >= 0.6 is 15.9 Å². The normalized spacial score (nSPS) is 9.00. The maximum atomic E-state index is 5.07. The summed E-state index contributed by atoms with van der Waals surface area (Å²) in [7, 11) is 0. The minimum Gasteiger partial charge on any atom is -0.499 e. The molecule has 0 rings (SSSR count). The largest absolute Gasteiger partial charge is 0.499 e. The van der Waals surface area contributed by atoms with E-state index in [0.717, 1.165) is 11.9 Å². The topological polar surface area (TPSA) is 18.5 Å². The molecule has 0 fully saturated rings. The van der Waals surface area contributed by atoms with Gasteiger partial charge >= 0.3 is 0 Å². The van der Waals surface area contributed by atoms with E-state index in [2.05, 4.69) is 22.5 Å². The molecule has 0 spiro atoms. The summed E-state index contributed by atoms with van der Waals surface area (Å²) in [5, 5.41) is 0.876. The SMILES string of the molecule is C=COCCOCCBr. The standard InChI is InChI=1S/C6H11BrO2/c1-2-8-5-6-9-4-3-7/h2H,1,3-6H2. The predicted octanol–water partition coefficient (Wildman–Crippen LogP) is 1.56. The second kappa shape index (κ2) is 7.98. The first-order chi connectivity index (χ1) is 4.41. The van der Waals surface area contributed by atoms with Gasteiger partial charge in [-0.2, -0.15) is 0 Å². The van der Waals surface area contributed by atoms with E-state index >= 15 is 0 Å². The lowest BCUT2D eigenvalue weighted by atomic mass is 10.7. The molecule has 0 aliphatic rings. The molecule has 0 amide bonds. The molecule has 0 atom stereocenters. The van der Waals surface area contributed by atoms with Gasteiger partial charge < -0.3 is 9.47 Å². The fourth-order valence-electron chi connectivity index (χ4n) is 0.347. The minimum absolute atomic E-state index is 0.594. The van der Waals surface area contributed by atoms with Crippen LogP contribution in [0.5, 0.6) is 0 Å². The Bertz CT molecular complexity index is 66.1. The van der Waals surface area contributed by atoms with E-state index in [-0.39, 0.29) is 0 Å². The molecule has 9 heavy (non-hydrogen) atoms. The number of alkyl halides is 1. The summed E-state index contributed by atoms with van der Waals surface area (Å²) < 4.78 is 9.87. The zero-order valence-electron chi connectivity index (χ0n) is 5.31. The number of hydrogen-bond donors (Lipinski definition) is 0. The first-order valence-corrected chi connectivity index (χ1v) is 3.90. The number of ether oxygens (including phenoxy) is 2. The summed E-state index contributed by atoms with van der Waals surface area (Å²) in [6.07, 6.45) is 1.41. The first kappa shape index (κ1) is 8.98. The van der Waals surface area contributed by atoms with Crippen molar-refractivity contribution >= 4 is 15.9 Å². The zero-order chi connectivity index (χ0) is 6.95. The molecule has 3 heteroatoms. The quantitative estimate of drug-likeness (QED) is 0.363. The molecule has 0 radical (unpaired) electrons. The van der Waals surface area contributed by atoms with E-state index < -0.39 is 0 Å². The van der Waals surface area contributed by atoms with E-state index in [1.54, 1.807) is 0 Å². The Morgan fingerprint density at radius 1 is 1.33 bits per heavy atom. The molecular weight excluding hydrogens is 184 g/mol. The van der Waals surface area contributed by atoms with Gasteiger partial charge in [0.05, 0.1) is 19.5 Å². The van der Waals surface area contributed by atoms with Crippen molar-refractivity contribution in [2.24, 2.45) is 0 Å². The minimum atomic E-state index is 0.594. The lowest BCUT2D eigenvalue weighted by Gasteiger charge is -1.99. The summed E-state index contributed by atoms with van der Waals surface area (Å²) in [5.74, 6) is 0. The van der Waals surface area contributed by atoms with Crippen molar-refractivity contribution in [1.82, 2.24) is 0 Å². The molecular formula is C6H11BrO2. The molecule has 0 N–H and O–H groups in total. The van der Waals surface area contributed by atoms with Gasteiger partial charge in [-0.05, 0) is 0 Å². The van der Waals surface area contributed by atoms with E-state index in [1.807, 2.05) is 0 Å². The van der Waals surface area contributed by atoms with Crippen LogP contribution in [0, 0.1) is 0 Å². The van der Waals surface area contributed by atoms with Crippen LogP contribution in [0.15, 0.2) is 12.8 Å². The molecule has 54 valence electrons. The van der Waals surface area contributed by atoms with Crippen LogP contribution in [0.1, 0.15) is 0 Å². The van der Waals surface area contributed by atoms with Gasteiger partial charge in [0.25, 0.3) is 0 Å². The third-order valence-corrected chi connectivity index (χ3v) is 1.01. The number of hydrogen-bond acceptors (Lipinski definition) is 2. The Labute approximate surface area is 64.0 Å². The third kappa shape index (κ3) is 7.98. The Hall–Kier alpha value is -0.0200. The average Bonchev–Trinajstić information content (AvgIpc) is 1.89. The van der Waals surface area contributed by atoms with E-state index in [9.17, 15) is 0 Å². The summed E-state index contributed by atoms with van der Waals surface area (Å²) in [6.45, 7) is 5.36. The maximum absolute atomic E-state index is 5.07. The lowest BCUT2D eigenvalue weighted by molar-refractivity contribution is 0.0955. The molecule has 0 saturated heterocycles. The fourth-order valence-corrected chi connectivity index (χ4v) is 0.576. The van der Waals surface area contributed by atoms with Gasteiger partial charge in [0, 0.05) is 5.33 Å². The molecule has 0 unspecified atom stereocenters. The molecule has 0 saturated carbocycles. The van der Waals surface area contributed by atoms with Crippen molar-refractivity contribution in [2.45, 2.75) is 0 Å². The van der Waals surface area contributed by atoms with Crippen LogP contribution in [0.3, 0.4) is 0 Å². The van der Waals surface area contributed by atoms with Crippen LogP contribution in [-0.4, -0.2) is 25.2 Å². The van der Waals surface area contributed by atoms with Crippen molar-refractivity contribution in [1.29, 1.82) is 0 Å². The second-order valence-corrected chi connectivity index (χ2v) is 2.13. The highest BCUT2D eigenvalue weighted by Gasteiger charge is 1.83. The van der Waals surface area contributed by atoms with E-state index in [4.69, 9.17) is 9.47 Å². The highest BCUT2D eigenvalue weighted by atomic mass is 79.9. The molecule has 0 bridgehead atoms. The summed E-state index contributed by atoms with van der Waals surface area (Å²) in [6, 6.07) is 0. The molecule has 0 aliphatic carbocycles. The molecule has 0 heterocycles. The Balaban J connectivity index is 2.66. The average molecular weight is 195 g/mol. The molecule has 0 aromatic rings. The molecule has 0 aliphatic heterocycles. The third-order valence-electron chi connectivity index (χ3n) is 0.685. The number of halogens is 1. The molecule has 0 aromatic heterocycles. The first-order valence-electron chi connectivity index (χ1n) is 2.78. The highest BCUT2D eigenvalue weighted by Crippen LogP contribution is 1.82. The van der Waals surface area contributed by atoms with Crippen LogP contribution < -0.4 is 0 Å². The van der Waals surface area contributed by atoms with Crippen LogP contribution in [-0.2, 0) is 9.47 Å². The smallest absolute Gasteiger partial charge is 0.111 e. The second-order valence-electron chi connectivity index (χ2n) is 1.34. The summed E-state index contributed by atoms with van der Waals surface area (Å²) >= 11 is 3.23. The van der Waals surface area contributed by atoms with Gasteiger partial charge in [0.15, 0.2) is 0 Å². The van der Waals surface area contributed by atoms with Crippen molar-refractivity contribution in [3.63, 3.8) is 0 Å². The van der Waals surface area contributed by atoms with E-state index in [1.165, 1.54) is 6.26 Å². The van der Waals surface area contributed by atoms with Crippen molar-refractivity contribution in [3.8, 4) is 0 Å². The lowest BCUT2D eigenvalue weighted by Crippen LogP contribution is -2.02. The Morgan fingerprint density at radius 3 is 2.67 bits per heavy atom. The Morgan fingerprint density at radius 2 is 2.11 bits per heavy atom. The van der Waals surface area contributed by atoms with Gasteiger partial charge in [0.1, 0.15) is 6.61 Å². The predicted molar refractivity (Wildman–Crippen MR) is 40.8 cm³/mol. The van der Waals surface area contributed by atoms with Gasteiger partial charge in [-0.15, -0.1) is 0 Å². The van der Waals surface area contributed by atoms with Crippen LogP contribution in [0.25, 0.3) is 0 Å². The van der Waals surface area contributed by atoms with Crippen LogP contribution in [0.4, 0.5) is 0 Å². The van der Waals surface area contributed by atoms with Crippen molar-refractivity contribution in [3.05, 3.63) is 12.8 Å². The summed E-state index contributed by atoms with van der Waals surface area (Å²) in [4.78, 5) is 0. The number of rotatable bonds is 6. The molecule has 2 nitrogen and oxygen atoms in total. The highest BCUT2D eigenvalue weighted by molar-refractivity contribution is 9.09. The summed E-state index contributed by atoms with van der Waals surface area (Å²) in [5.41, 5.74) is 0. The fraction of sp³-hybridized carbons (Fsp3) is 0.667. The van der Waals surface area contributed by atoms with Crippen LogP contribution in [0.2, 0.25) is 0 Å². The zero-order valence-corrected chi connectivity index (χ0v) is 6.89. The van der Waals surface area contributed by atoms with Gasteiger partial charge in [-0.1, -0.05) is 22.5 Å². The van der Waals surface area contributed by atoms with E-state index in [0.29, 0.717) is 13.2 Å². The van der Waals surface area contributed by atoms with Gasteiger partial charge in [-0.25, -0.2) is 0 Å². The van der Waals surface area contributed by atoms with Crippen molar-refractivity contribution < 1.29 is 9.47 Å². The van der Waals surface area contributed by atoms with Crippen molar-refractivity contribution in [2.75, 3.05) is 25.2 Å². The maximum Gasteiger partial charge on any atom is 0.111 e. The van der Waals surface area contributed by atoms with Gasteiger partial charge in [0.2, 0.25) is 0 Å². The molecule has 0 aromatic carbocycles. The van der Waals surface area contributed by atoms with Gasteiger partial charge in [-0.3, -0.25) is 0 Å². The monoisotopic (exact) mass is 194 g/mol. The Kier molecular flexibility index (Phi) is 7.96.